The Hall–Kier alpha value is -4.20. The molecular weight excluding hydrogens is 514 g/mol. The summed E-state index contributed by atoms with van der Waals surface area (Å²) < 4.78 is 0. The first-order valence-electron chi connectivity index (χ1n) is 12.4. The Morgan fingerprint density at radius 1 is 0.846 bits per heavy atom. The molecule has 216 valence electrons. The number of benzene rings is 1. The van der Waals surface area contributed by atoms with Gasteiger partial charge < -0.3 is 42.3 Å². The fourth-order valence-corrected chi connectivity index (χ4v) is 3.46. The standard InChI is InChI=1S/C25H37N5O9/c1-4-13(2)21(24(37)29-17(9-10-20(33)34)22(35)27-14(3)25(38)39)30-23(36)18(28-19(32)12-26)11-15-5-7-16(31)8-6-15/h5-8,13-14,17-18,21,31H,4,9-12,26H2,1-3H3,(H,27,35)(H,28,32)(H,29,37)(H,30,36)(H,33,34)(H,38,39). The quantitative estimate of drug-likeness (QED) is 0.123. The highest BCUT2D eigenvalue weighted by Gasteiger charge is 2.33. The normalized spacial score (nSPS) is 14.6. The van der Waals surface area contributed by atoms with Gasteiger partial charge in [0.2, 0.25) is 23.6 Å². The second-order valence-electron chi connectivity index (χ2n) is 9.13. The molecule has 0 aliphatic rings. The van der Waals surface area contributed by atoms with E-state index in [1.165, 1.54) is 19.1 Å². The average molecular weight is 552 g/mol. The van der Waals surface area contributed by atoms with Gasteiger partial charge in [0.25, 0.3) is 0 Å². The molecule has 1 aromatic rings. The van der Waals surface area contributed by atoms with Gasteiger partial charge in [0.1, 0.15) is 29.9 Å². The van der Waals surface area contributed by atoms with Crippen molar-refractivity contribution in [2.75, 3.05) is 6.54 Å². The highest BCUT2D eigenvalue weighted by atomic mass is 16.4. The molecule has 39 heavy (non-hydrogen) atoms. The van der Waals surface area contributed by atoms with E-state index < -0.39 is 72.1 Å². The molecule has 9 N–H and O–H groups in total. The van der Waals surface area contributed by atoms with E-state index >= 15 is 0 Å². The lowest BCUT2D eigenvalue weighted by molar-refractivity contribution is -0.142. The lowest BCUT2D eigenvalue weighted by Crippen LogP contribution is -2.59. The molecule has 4 amide bonds. The third-order valence-electron chi connectivity index (χ3n) is 6.02. The van der Waals surface area contributed by atoms with Gasteiger partial charge >= 0.3 is 11.9 Å². The van der Waals surface area contributed by atoms with E-state index in [1.54, 1.807) is 26.0 Å². The molecule has 0 spiro atoms. The number of phenolic OH excluding ortho intramolecular Hbond substituents is 1. The van der Waals surface area contributed by atoms with Gasteiger partial charge in [-0.3, -0.25) is 28.8 Å². The predicted molar refractivity (Wildman–Crippen MR) is 138 cm³/mol. The Kier molecular flexibility index (Phi) is 13.4. The molecule has 1 aromatic carbocycles. The van der Waals surface area contributed by atoms with Gasteiger partial charge in [0.05, 0.1) is 6.54 Å². The lowest BCUT2D eigenvalue weighted by Gasteiger charge is -2.28. The van der Waals surface area contributed by atoms with Crippen LogP contribution in [0.3, 0.4) is 0 Å². The van der Waals surface area contributed by atoms with E-state index in [4.69, 9.17) is 15.9 Å². The highest BCUT2D eigenvalue weighted by Crippen LogP contribution is 2.13. The number of aromatic hydroxyl groups is 1. The Morgan fingerprint density at radius 2 is 1.44 bits per heavy atom. The molecule has 1 rings (SSSR count). The van der Waals surface area contributed by atoms with E-state index in [0.29, 0.717) is 12.0 Å². The van der Waals surface area contributed by atoms with Crippen LogP contribution in [0, 0.1) is 5.92 Å². The number of nitrogens with two attached hydrogens (primary N) is 1. The molecule has 0 saturated carbocycles. The van der Waals surface area contributed by atoms with Crippen molar-refractivity contribution < 1.29 is 44.1 Å². The number of carbonyl (C=O) groups excluding carboxylic acids is 4. The molecule has 5 atom stereocenters. The highest BCUT2D eigenvalue weighted by molar-refractivity contribution is 5.95. The molecule has 0 aromatic heterocycles. The third kappa shape index (κ3) is 11.4. The van der Waals surface area contributed by atoms with Crippen molar-refractivity contribution in [3.05, 3.63) is 29.8 Å². The number of rotatable bonds is 16. The summed E-state index contributed by atoms with van der Waals surface area (Å²) in [7, 11) is 0. The number of phenols is 1. The summed E-state index contributed by atoms with van der Waals surface area (Å²) in [4.78, 5) is 73.3. The van der Waals surface area contributed by atoms with Crippen molar-refractivity contribution in [3.8, 4) is 5.75 Å². The molecular formula is C25H37N5O9. The largest absolute Gasteiger partial charge is 0.508 e. The third-order valence-corrected chi connectivity index (χ3v) is 6.02. The maximum atomic E-state index is 13.3. The number of nitrogens with one attached hydrogen (secondary N) is 4. The van der Waals surface area contributed by atoms with Crippen molar-refractivity contribution in [1.29, 1.82) is 0 Å². The Bertz CT molecular complexity index is 1030. The van der Waals surface area contributed by atoms with E-state index in [-0.39, 0.29) is 25.1 Å². The molecule has 0 radical (unpaired) electrons. The Balaban J connectivity index is 3.15. The van der Waals surface area contributed by atoms with E-state index in [1.807, 2.05) is 0 Å². The minimum Gasteiger partial charge on any atom is -0.508 e. The van der Waals surface area contributed by atoms with Gasteiger partial charge in [-0.15, -0.1) is 0 Å². The van der Waals surface area contributed by atoms with Crippen molar-refractivity contribution in [1.82, 2.24) is 21.3 Å². The first kappa shape index (κ1) is 32.8. The van der Waals surface area contributed by atoms with Gasteiger partial charge in [-0.25, -0.2) is 0 Å². The molecule has 0 bridgehead atoms. The fourth-order valence-electron chi connectivity index (χ4n) is 3.46. The molecule has 14 heteroatoms. The van der Waals surface area contributed by atoms with E-state index in [9.17, 15) is 33.9 Å². The number of carbonyl (C=O) groups is 6. The molecule has 0 saturated heterocycles. The van der Waals surface area contributed by atoms with Crippen LogP contribution in [0.25, 0.3) is 0 Å². The predicted octanol–water partition coefficient (Wildman–Crippen LogP) is -1.15. The van der Waals surface area contributed by atoms with Gasteiger partial charge in [-0.2, -0.15) is 0 Å². The summed E-state index contributed by atoms with van der Waals surface area (Å²) in [5, 5.41) is 37.3. The van der Waals surface area contributed by atoms with Crippen molar-refractivity contribution in [2.45, 2.75) is 70.6 Å². The zero-order valence-electron chi connectivity index (χ0n) is 22.1. The van der Waals surface area contributed by atoms with Crippen LogP contribution in [-0.4, -0.2) is 81.6 Å². The van der Waals surface area contributed by atoms with Crippen LogP contribution >= 0.6 is 0 Å². The maximum Gasteiger partial charge on any atom is 0.325 e. The molecule has 0 aliphatic carbocycles. The number of hydrogen-bond acceptors (Lipinski definition) is 8. The summed E-state index contributed by atoms with van der Waals surface area (Å²) in [6.07, 6.45) is -0.363. The van der Waals surface area contributed by atoms with Crippen LogP contribution in [0.5, 0.6) is 5.75 Å². The second-order valence-corrected chi connectivity index (χ2v) is 9.13. The van der Waals surface area contributed by atoms with Gasteiger partial charge in [-0.05, 0) is 37.0 Å². The number of carboxylic acid groups (broad SMARTS) is 2. The number of amides is 4. The molecule has 0 heterocycles. The molecule has 0 fully saturated rings. The van der Waals surface area contributed by atoms with Crippen LogP contribution in [-0.2, 0) is 35.2 Å². The zero-order valence-corrected chi connectivity index (χ0v) is 22.1. The van der Waals surface area contributed by atoms with Crippen LogP contribution in [0.2, 0.25) is 0 Å². The second kappa shape index (κ2) is 15.9. The molecule has 14 nitrogen and oxygen atoms in total. The molecule has 0 aliphatic heterocycles. The topological polar surface area (TPSA) is 237 Å². The van der Waals surface area contributed by atoms with Gasteiger partial charge in [0, 0.05) is 12.8 Å². The lowest BCUT2D eigenvalue weighted by atomic mass is 9.96. The fraction of sp³-hybridized carbons (Fsp3) is 0.520. The minimum absolute atomic E-state index is 0.0125. The first-order chi connectivity index (χ1) is 18.3. The number of hydrogen-bond donors (Lipinski definition) is 8. The van der Waals surface area contributed by atoms with Crippen LogP contribution in [0.1, 0.15) is 45.6 Å². The minimum atomic E-state index is -1.39. The summed E-state index contributed by atoms with van der Waals surface area (Å²) in [6.45, 7) is 4.27. The molecule has 5 unspecified atom stereocenters. The smallest absolute Gasteiger partial charge is 0.325 e. The van der Waals surface area contributed by atoms with E-state index in [0.717, 1.165) is 0 Å². The number of carboxylic acids is 2. The maximum absolute atomic E-state index is 13.3. The Labute approximate surface area is 225 Å². The van der Waals surface area contributed by atoms with Crippen molar-refractivity contribution in [2.24, 2.45) is 11.7 Å². The summed E-state index contributed by atoms with van der Waals surface area (Å²) in [5.41, 5.74) is 5.99. The first-order valence-corrected chi connectivity index (χ1v) is 12.4. The monoisotopic (exact) mass is 551 g/mol. The van der Waals surface area contributed by atoms with Crippen LogP contribution in [0.4, 0.5) is 0 Å². The van der Waals surface area contributed by atoms with Crippen molar-refractivity contribution in [3.63, 3.8) is 0 Å². The Morgan fingerprint density at radius 3 is 1.95 bits per heavy atom. The van der Waals surface area contributed by atoms with Gasteiger partial charge in [0.15, 0.2) is 0 Å². The summed E-state index contributed by atoms with van der Waals surface area (Å²) in [5.74, 6) is -6.00. The van der Waals surface area contributed by atoms with Crippen LogP contribution in [0.15, 0.2) is 24.3 Å². The SMILES string of the molecule is CCC(C)C(NC(=O)C(Cc1ccc(O)cc1)NC(=O)CN)C(=O)NC(CCC(=O)O)C(=O)NC(C)C(=O)O. The summed E-state index contributed by atoms with van der Waals surface area (Å²) in [6, 6.07) is 0.960. The van der Waals surface area contributed by atoms with Crippen molar-refractivity contribution >= 4 is 35.6 Å². The summed E-state index contributed by atoms with van der Waals surface area (Å²) >= 11 is 0. The zero-order chi connectivity index (χ0) is 29.7. The average Bonchev–Trinajstić information content (AvgIpc) is 2.89. The van der Waals surface area contributed by atoms with Crippen LogP contribution < -0.4 is 27.0 Å². The number of aliphatic carboxylic acids is 2. The van der Waals surface area contributed by atoms with Gasteiger partial charge in [-0.1, -0.05) is 32.4 Å². The van der Waals surface area contributed by atoms with E-state index in [2.05, 4.69) is 21.3 Å².